The number of aryl methyl sites for hydroxylation is 1. The lowest BCUT2D eigenvalue weighted by Gasteiger charge is -2.15. The maximum atomic E-state index is 13.5. The normalized spacial score (nSPS) is 13.2. The number of rotatable bonds is 12. The first kappa shape index (κ1) is 30.4. The van der Waals surface area contributed by atoms with Gasteiger partial charge in [0.2, 0.25) is 5.91 Å². The highest BCUT2D eigenvalue weighted by atomic mass is 32.2. The third-order valence-corrected chi connectivity index (χ3v) is 9.05. The molecule has 13 heteroatoms. The standard InChI is InChI=1S/C30H33N5O6S2/c1-4-39-20-14-12-19(13-15-20)35-24(17-31-27(37)22-10-8-16-41-22)33-34-30(35)42-18(3)26(36)32-28-25(29(38)40-5-2)21-9-6-7-11-23(21)43-28/h8,10,12-16,18H,4-7,9,11,17H2,1-3H3,(H,31,37)(H,32,36)/t18-/m0/s1. The highest BCUT2D eigenvalue weighted by Gasteiger charge is 2.29. The van der Waals surface area contributed by atoms with E-state index >= 15 is 0 Å². The van der Waals surface area contributed by atoms with E-state index in [-0.39, 0.29) is 30.7 Å². The van der Waals surface area contributed by atoms with E-state index in [4.69, 9.17) is 13.9 Å². The number of thioether (sulfide) groups is 1. The molecule has 1 atom stereocenters. The number of esters is 1. The van der Waals surface area contributed by atoms with Gasteiger partial charge in [0.1, 0.15) is 10.8 Å². The molecule has 0 radical (unpaired) electrons. The number of carbonyl (C=O) groups is 3. The average Bonchev–Trinajstić information content (AvgIpc) is 3.76. The Kier molecular flexibility index (Phi) is 9.82. The number of fused-ring (bicyclic) bond motifs is 1. The quantitative estimate of drug-likeness (QED) is 0.156. The summed E-state index contributed by atoms with van der Waals surface area (Å²) in [4.78, 5) is 40.0. The summed E-state index contributed by atoms with van der Waals surface area (Å²) in [6.45, 7) is 6.32. The summed E-state index contributed by atoms with van der Waals surface area (Å²) in [5.74, 6) is 0.297. The van der Waals surface area contributed by atoms with Crippen molar-refractivity contribution in [3.8, 4) is 11.4 Å². The topological polar surface area (TPSA) is 138 Å². The molecular formula is C30H33N5O6S2. The molecule has 5 rings (SSSR count). The number of benzene rings is 1. The monoisotopic (exact) mass is 623 g/mol. The Morgan fingerprint density at radius 1 is 1.09 bits per heavy atom. The fraction of sp³-hybridized carbons (Fsp3) is 0.367. The van der Waals surface area contributed by atoms with Crippen LogP contribution in [0.2, 0.25) is 0 Å². The number of amides is 2. The molecule has 0 bridgehead atoms. The molecule has 0 saturated heterocycles. The first-order chi connectivity index (χ1) is 20.9. The number of ether oxygens (including phenoxy) is 2. The molecule has 2 amide bonds. The molecule has 0 unspecified atom stereocenters. The smallest absolute Gasteiger partial charge is 0.341 e. The van der Waals surface area contributed by atoms with E-state index in [1.54, 1.807) is 30.5 Å². The second-order valence-electron chi connectivity index (χ2n) is 9.71. The van der Waals surface area contributed by atoms with Gasteiger partial charge in [-0.25, -0.2) is 4.79 Å². The summed E-state index contributed by atoms with van der Waals surface area (Å²) in [5, 5.41) is 14.9. The van der Waals surface area contributed by atoms with E-state index in [1.165, 1.54) is 29.4 Å². The lowest BCUT2D eigenvalue weighted by molar-refractivity contribution is -0.115. The van der Waals surface area contributed by atoms with Crippen molar-refractivity contribution < 1.29 is 28.3 Å². The molecule has 4 aromatic rings. The van der Waals surface area contributed by atoms with E-state index in [1.807, 2.05) is 31.2 Å². The second kappa shape index (κ2) is 13.9. The number of carbonyl (C=O) groups excluding carboxylic acids is 3. The highest BCUT2D eigenvalue weighted by Crippen LogP contribution is 2.39. The molecule has 11 nitrogen and oxygen atoms in total. The van der Waals surface area contributed by atoms with Crippen LogP contribution in [0.1, 0.15) is 70.8 Å². The lowest BCUT2D eigenvalue weighted by atomic mass is 9.95. The molecule has 1 aliphatic rings. The van der Waals surface area contributed by atoms with Crippen LogP contribution in [0.25, 0.3) is 5.69 Å². The Labute approximate surface area is 257 Å². The third kappa shape index (κ3) is 6.94. The van der Waals surface area contributed by atoms with Crippen LogP contribution in [0, 0.1) is 0 Å². The first-order valence-electron chi connectivity index (χ1n) is 14.2. The Morgan fingerprint density at radius 2 is 1.88 bits per heavy atom. The van der Waals surface area contributed by atoms with Crippen LogP contribution in [-0.2, 0) is 28.9 Å². The fourth-order valence-corrected chi connectivity index (χ4v) is 6.93. The van der Waals surface area contributed by atoms with Crippen molar-refractivity contribution in [1.82, 2.24) is 20.1 Å². The van der Waals surface area contributed by atoms with Gasteiger partial charge in [0.05, 0.1) is 36.8 Å². The zero-order valence-electron chi connectivity index (χ0n) is 24.2. The number of furan rings is 1. The molecule has 3 aromatic heterocycles. The summed E-state index contributed by atoms with van der Waals surface area (Å²) in [5.41, 5.74) is 2.20. The predicted octanol–water partition coefficient (Wildman–Crippen LogP) is 5.43. The Balaban J connectivity index is 1.37. The van der Waals surface area contributed by atoms with Crippen molar-refractivity contribution in [1.29, 1.82) is 0 Å². The zero-order chi connectivity index (χ0) is 30.3. The molecule has 43 heavy (non-hydrogen) atoms. The number of nitrogens with zero attached hydrogens (tertiary/aromatic N) is 3. The largest absolute Gasteiger partial charge is 0.494 e. The number of aromatic nitrogens is 3. The fourth-order valence-electron chi connectivity index (χ4n) is 4.76. The minimum atomic E-state index is -0.592. The second-order valence-corrected chi connectivity index (χ2v) is 12.1. The molecule has 0 saturated carbocycles. The SMILES string of the molecule is CCOC(=O)c1c(NC(=O)[C@H](C)Sc2nnc(CNC(=O)c3ccco3)n2-c2ccc(OCC)cc2)sc2c1CCCC2. The van der Waals surface area contributed by atoms with E-state index in [0.29, 0.717) is 33.9 Å². The zero-order valence-corrected chi connectivity index (χ0v) is 25.8. The van der Waals surface area contributed by atoms with Crippen LogP contribution < -0.4 is 15.4 Å². The molecule has 2 N–H and O–H groups in total. The van der Waals surface area contributed by atoms with Crippen molar-refractivity contribution >= 4 is 45.9 Å². The summed E-state index contributed by atoms with van der Waals surface area (Å²) >= 11 is 2.67. The van der Waals surface area contributed by atoms with Gasteiger partial charge in [-0.3, -0.25) is 14.2 Å². The van der Waals surface area contributed by atoms with Crippen LogP contribution in [0.15, 0.2) is 52.2 Å². The van der Waals surface area contributed by atoms with Gasteiger partial charge in [-0.2, -0.15) is 0 Å². The van der Waals surface area contributed by atoms with Crippen LogP contribution in [0.4, 0.5) is 5.00 Å². The van der Waals surface area contributed by atoms with E-state index in [9.17, 15) is 14.4 Å². The molecule has 1 aromatic carbocycles. The van der Waals surface area contributed by atoms with Crippen LogP contribution in [0.5, 0.6) is 5.75 Å². The van der Waals surface area contributed by atoms with E-state index in [2.05, 4.69) is 20.8 Å². The predicted molar refractivity (Wildman–Crippen MR) is 163 cm³/mol. The number of nitrogens with one attached hydrogen (secondary N) is 2. The molecule has 0 aliphatic heterocycles. The minimum absolute atomic E-state index is 0.0739. The lowest BCUT2D eigenvalue weighted by Crippen LogP contribution is -2.25. The Morgan fingerprint density at radius 3 is 2.60 bits per heavy atom. The summed E-state index contributed by atoms with van der Waals surface area (Å²) < 4.78 is 17.9. The molecular weight excluding hydrogens is 590 g/mol. The van der Waals surface area contributed by atoms with Crippen molar-refractivity contribution in [2.75, 3.05) is 18.5 Å². The van der Waals surface area contributed by atoms with Crippen molar-refractivity contribution in [3.05, 3.63) is 70.3 Å². The molecule has 226 valence electrons. The maximum absolute atomic E-state index is 13.5. The van der Waals surface area contributed by atoms with Crippen LogP contribution in [-0.4, -0.2) is 51.0 Å². The maximum Gasteiger partial charge on any atom is 0.341 e. The number of anilines is 1. The van der Waals surface area contributed by atoms with E-state index < -0.39 is 11.2 Å². The van der Waals surface area contributed by atoms with Crippen molar-refractivity contribution in [2.45, 2.75) is 63.4 Å². The van der Waals surface area contributed by atoms with Crippen LogP contribution >= 0.6 is 23.1 Å². The minimum Gasteiger partial charge on any atom is -0.494 e. The van der Waals surface area contributed by atoms with Crippen molar-refractivity contribution in [3.63, 3.8) is 0 Å². The summed E-state index contributed by atoms with van der Waals surface area (Å²) in [6, 6.07) is 10.6. The van der Waals surface area contributed by atoms with Gasteiger partial charge in [0, 0.05) is 10.6 Å². The third-order valence-electron chi connectivity index (χ3n) is 6.80. The molecule has 0 spiro atoms. The molecule has 1 aliphatic carbocycles. The number of hydrogen-bond acceptors (Lipinski definition) is 10. The van der Waals surface area contributed by atoms with Gasteiger partial charge >= 0.3 is 5.97 Å². The van der Waals surface area contributed by atoms with Gasteiger partial charge in [-0.05, 0) is 88.4 Å². The summed E-state index contributed by atoms with van der Waals surface area (Å²) in [6.07, 6.45) is 5.17. The Hall–Kier alpha value is -4.10. The number of hydrogen-bond donors (Lipinski definition) is 2. The van der Waals surface area contributed by atoms with Gasteiger partial charge in [0.15, 0.2) is 16.7 Å². The van der Waals surface area contributed by atoms with Gasteiger partial charge in [0.25, 0.3) is 5.91 Å². The number of thiophene rings is 1. The highest BCUT2D eigenvalue weighted by molar-refractivity contribution is 8.00. The summed E-state index contributed by atoms with van der Waals surface area (Å²) in [7, 11) is 0. The Bertz CT molecular complexity index is 1580. The van der Waals surface area contributed by atoms with Gasteiger partial charge < -0.3 is 24.5 Å². The average molecular weight is 624 g/mol. The first-order valence-corrected chi connectivity index (χ1v) is 15.9. The van der Waals surface area contributed by atoms with Crippen LogP contribution in [0.3, 0.4) is 0 Å². The molecule has 0 fully saturated rings. The van der Waals surface area contributed by atoms with Gasteiger partial charge in [-0.1, -0.05) is 11.8 Å². The van der Waals surface area contributed by atoms with Gasteiger partial charge in [-0.15, -0.1) is 21.5 Å². The molecule has 3 heterocycles. The van der Waals surface area contributed by atoms with E-state index in [0.717, 1.165) is 41.8 Å². The van der Waals surface area contributed by atoms with Crippen molar-refractivity contribution in [2.24, 2.45) is 0 Å².